The summed E-state index contributed by atoms with van der Waals surface area (Å²) in [6.45, 7) is 6.63. The number of guanidine groups is 1. The van der Waals surface area contributed by atoms with Crippen molar-refractivity contribution in [1.29, 1.82) is 0 Å². The number of nitrogens with one attached hydrogen (secondary N) is 1. The molecule has 1 aliphatic rings. The molecule has 1 aliphatic heterocycles. The fourth-order valence-corrected chi connectivity index (χ4v) is 2.89. The standard InChI is InChI=1S/C16H27F3N6/c1-13-11-22-25(12-13)6-4-5-21-15(20-3)24-9-7-23(8-10-24)14(2)16(17,18)19/h11-12,14H,4-10H2,1-3H3,(H,20,21). The molecule has 142 valence electrons. The molecule has 9 heteroatoms. The predicted octanol–water partition coefficient (Wildman–Crippen LogP) is 1.73. The van der Waals surface area contributed by atoms with Gasteiger partial charge in [-0.15, -0.1) is 0 Å². The Bertz CT molecular complexity index is 560. The zero-order valence-corrected chi connectivity index (χ0v) is 15.1. The second-order valence-corrected chi connectivity index (χ2v) is 6.35. The third-order valence-electron chi connectivity index (χ3n) is 4.46. The van der Waals surface area contributed by atoms with E-state index in [0.29, 0.717) is 26.2 Å². The Balaban J connectivity index is 1.73. The second-order valence-electron chi connectivity index (χ2n) is 6.35. The molecule has 0 radical (unpaired) electrons. The van der Waals surface area contributed by atoms with Gasteiger partial charge in [0, 0.05) is 52.5 Å². The molecular weight excluding hydrogens is 333 g/mol. The molecule has 1 fully saturated rings. The lowest BCUT2D eigenvalue weighted by Gasteiger charge is -2.39. The predicted molar refractivity (Wildman–Crippen MR) is 91.6 cm³/mol. The van der Waals surface area contributed by atoms with Crippen LogP contribution in [0.4, 0.5) is 13.2 Å². The van der Waals surface area contributed by atoms with Crippen LogP contribution in [0.1, 0.15) is 18.9 Å². The van der Waals surface area contributed by atoms with Crippen molar-refractivity contribution in [2.24, 2.45) is 4.99 Å². The Labute approximate surface area is 146 Å². The molecule has 1 atom stereocenters. The topological polar surface area (TPSA) is 48.7 Å². The maximum absolute atomic E-state index is 12.8. The fraction of sp³-hybridized carbons (Fsp3) is 0.750. The summed E-state index contributed by atoms with van der Waals surface area (Å²) < 4.78 is 40.3. The van der Waals surface area contributed by atoms with E-state index >= 15 is 0 Å². The summed E-state index contributed by atoms with van der Waals surface area (Å²) in [6.07, 6.45) is 0.543. The van der Waals surface area contributed by atoms with Crippen LogP contribution >= 0.6 is 0 Å². The maximum Gasteiger partial charge on any atom is 0.403 e. The monoisotopic (exact) mass is 360 g/mol. The summed E-state index contributed by atoms with van der Waals surface area (Å²) >= 11 is 0. The molecule has 2 heterocycles. The first kappa shape index (κ1) is 19.6. The molecule has 1 aromatic heterocycles. The minimum Gasteiger partial charge on any atom is -0.356 e. The molecule has 0 amide bonds. The number of piperazine rings is 1. The van der Waals surface area contributed by atoms with Crippen LogP contribution in [0.15, 0.2) is 17.4 Å². The van der Waals surface area contributed by atoms with E-state index in [1.165, 1.54) is 11.8 Å². The van der Waals surface area contributed by atoms with Crippen LogP contribution in [0.5, 0.6) is 0 Å². The number of hydrogen-bond donors (Lipinski definition) is 1. The van der Waals surface area contributed by atoms with Gasteiger partial charge in [0.2, 0.25) is 0 Å². The summed E-state index contributed by atoms with van der Waals surface area (Å²) in [7, 11) is 1.70. The Kier molecular flexibility index (Phi) is 6.69. The Hall–Kier alpha value is -1.77. The van der Waals surface area contributed by atoms with E-state index in [9.17, 15) is 13.2 Å². The molecule has 0 aliphatic carbocycles. The number of aliphatic imine (C=N–C) groups is 1. The Morgan fingerprint density at radius 3 is 2.52 bits per heavy atom. The van der Waals surface area contributed by atoms with Gasteiger partial charge in [0.25, 0.3) is 0 Å². The molecule has 1 N–H and O–H groups in total. The van der Waals surface area contributed by atoms with E-state index < -0.39 is 12.2 Å². The lowest BCUT2D eigenvalue weighted by Crippen LogP contribution is -2.56. The van der Waals surface area contributed by atoms with Gasteiger partial charge < -0.3 is 10.2 Å². The minimum atomic E-state index is -4.17. The van der Waals surface area contributed by atoms with Crippen molar-refractivity contribution in [1.82, 2.24) is 24.9 Å². The van der Waals surface area contributed by atoms with Crippen LogP contribution in [0.25, 0.3) is 0 Å². The van der Waals surface area contributed by atoms with Crippen molar-refractivity contribution in [3.05, 3.63) is 18.0 Å². The van der Waals surface area contributed by atoms with E-state index in [1.54, 1.807) is 7.05 Å². The van der Waals surface area contributed by atoms with Crippen LogP contribution in [-0.4, -0.2) is 77.5 Å². The molecule has 0 spiro atoms. The van der Waals surface area contributed by atoms with Crippen molar-refractivity contribution in [3.63, 3.8) is 0 Å². The number of aryl methyl sites for hydroxylation is 2. The molecule has 25 heavy (non-hydrogen) atoms. The van der Waals surface area contributed by atoms with Crippen LogP contribution in [0.3, 0.4) is 0 Å². The van der Waals surface area contributed by atoms with Gasteiger partial charge >= 0.3 is 6.18 Å². The van der Waals surface area contributed by atoms with Gasteiger partial charge in [-0.2, -0.15) is 18.3 Å². The lowest BCUT2D eigenvalue weighted by atomic mass is 10.2. The zero-order chi connectivity index (χ0) is 18.4. The zero-order valence-electron chi connectivity index (χ0n) is 15.1. The van der Waals surface area contributed by atoms with E-state index in [4.69, 9.17) is 0 Å². The van der Waals surface area contributed by atoms with Gasteiger partial charge in [0.1, 0.15) is 6.04 Å². The molecule has 0 saturated carbocycles. The van der Waals surface area contributed by atoms with Crippen LogP contribution in [0, 0.1) is 6.92 Å². The Morgan fingerprint density at radius 1 is 1.32 bits per heavy atom. The fourth-order valence-electron chi connectivity index (χ4n) is 2.89. The third-order valence-corrected chi connectivity index (χ3v) is 4.46. The van der Waals surface area contributed by atoms with Crippen LogP contribution < -0.4 is 5.32 Å². The molecule has 6 nitrogen and oxygen atoms in total. The van der Waals surface area contributed by atoms with Gasteiger partial charge in [-0.3, -0.25) is 14.6 Å². The molecule has 0 bridgehead atoms. The molecule has 2 rings (SSSR count). The highest BCUT2D eigenvalue weighted by Crippen LogP contribution is 2.25. The Morgan fingerprint density at radius 2 is 2.00 bits per heavy atom. The average Bonchev–Trinajstić information content (AvgIpc) is 2.99. The van der Waals surface area contributed by atoms with E-state index in [2.05, 4.69) is 15.4 Å². The molecule has 1 unspecified atom stereocenters. The smallest absolute Gasteiger partial charge is 0.356 e. The highest BCUT2D eigenvalue weighted by molar-refractivity contribution is 5.79. The summed E-state index contributed by atoms with van der Waals surface area (Å²) in [4.78, 5) is 7.73. The van der Waals surface area contributed by atoms with Gasteiger partial charge in [-0.05, 0) is 25.8 Å². The highest BCUT2D eigenvalue weighted by atomic mass is 19.4. The van der Waals surface area contributed by atoms with Crippen molar-refractivity contribution < 1.29 is 13.2 Å². The van der Waals surface area contributed by atoms with Crippen molar-refractivity contribution in [3.8, 4) is 0 Å². The van der Waals surface area contributed by atoms with Gasteiger partial charge in [0.15, 0.2) is 5.96 Å². The first-order valence-corrected chi connectivity index (χ1v) is 8.56. The molecular formula is C16H27F3N6. The molecule has 1 aromatic rings. The first-order chi connectivity index (χ1) is 11.8. The SMILES string of the molecule is CN=C(NCCCn1cc(C)cn1)N1CCN(C(C)C(F)(F)F)CC1. The largest absolute Gasteiger partial charge is 0.403 e. The maximum atomic E-state index is 12.8. The van der Waals surface area contributed by atoms with Crippen molar-refractivity contribution >= 4 is 5.96 Å². The molecule has 1 saturated heterocycles. The van der Waals surface area contributed by atoms with Gasteiger partial charge in [-0.25, -0.2) is 0 Å². The van der Waals surface area contributed by atoms with E-state index in [-0.39, 0.29) is 0 Å². The molecule has 0 aromatic carbocycles. The highest BCUT2D eigenvalue weighted by Gasteiger charge is 2.41. The number of rotatable bonds is 5. The normalized spacial score (nSPS) is 18.5. The van der Waals surface area contributed by atoms with Crippen molar-refractivity contribution in [2.75, 3.05) is 39.8 Å². The van der Waals surface area contributed by atoms with E-state index in [0.717, 1.165) is 31.0 Å². The summed E-state index contributed by atoms with van der Waals surface area (Å²) in [5, 5.41) is 7.52. The minimum absolute atomic E-state index is 0.383. The quantitative estimate of drug-likeness (QED) is 0.494. The number of alkyl halides is 3. The second kappa shape index (κ2) is 8.55. The van der Waals surface area contributed by atoms with Crippen LogP contribution in [0.2, 0.25) is 0 Å². The third kappa shape index (κ3) is 5.62. The number of nitrogens with zero attached hydrogens (tertiary/aromatic N) is 5. The average molecular weight is 360 g/mol. The van der Waals surface area contributed by atoms with Crippen LogP contribution in [-0.2, 0) is 6.54 Å². The summed E-state index contributed by atoms with van der Waals surface area (Å²) in [5.74, 6) is 0.746. The van der Waals surface area contributed by atoms with Crippen molar-refractivity contribution in [2.45, 2.75) is 39.0 Å². The first-order valence-electron chi connectivity index (χ1n) is 8.56. The summed E-state index contributed by atoms with van der Waals surface area (Å²) in [5.41, 5.74) is 1.13. The number of hydrogen-bond acceptors (Lipinski definition) is 3. The van der Waals surface area contributed by atoms with E-state index in [1.807, 2.05) is 28.9 Å². The van der Waals surface area contributed by atoms with Gasteiger partial charge in [-0.1, -0.05) is 0 Å². The number of halogens is 3. The lowest BCUT2D eigenvalue weighted by molar-refractivity contribution is -0.181. The number of aromatic nitrogens is 2. The van der Waals surface area contributed by atoms with Gasteiger partial charge in [0.05, 0.1) is 6.20 Å². The summed E-state index contributed by atoms with van der Waals surface area (Å²) in [6, 6.07) is -1.40.